The van der Waals surface area contributed by atoms with Gasteiger partial charge in [-0.05, 0) is 126 Å². The van der Waals surface area contributed by atoms with E-state index in [0.717, 1.165) is 44.6 Å². The monoisotopic (exact) mass is 889 g/mol. The van der Waals surface area contributed by atoms with Gasteiger partial charge in [-0.1, -0.05) is 218 Å². The Morgan fingerprint density at radius 3 is 1.43 bits per heavy atom. The molecule has 0 fully saturated rings. The van der Waals surface area contributed by atoms with Gasteiger partial charge in [-0.2, -0.15) is 0 Å². The Morgan fingerprint density at radius 1 is 0.300 bits per heavy atom. The van der Waals surface area contributed by atoms with E-state index in [4.69, 9.17) is 4.42 Å². The van der Waals surface area contributed by atoms with Crippen molar-refractivity contribution in [2.24, 2.45) is 0 Å². The molecule has 3 aliphatic rings. The standard InChI is InChI=1S/C68H43NO/c1-3-20-44(21-4-1)45-40-41-63-54(42-45)66-62(38-19-39-64(66)70-63)69(48-25-17-24-47(43-48)67(46-22-5-2-6-23-46)55-31-12-7-26-49(55)50-27-8-13-32-56(50)67)61-37-18-36-60-65(61)53-30-11-16-35-59(53)68(60)57-33-14-9-28-51(57)52-29-10-15-34-58(52)68/h1-43H. The molecule has 0 N–H and O–H groups in total. The molecule has 0 saturated carbocycles. The van der Waals surface area contributed by atoms with Gasteiger partial charge in [0.1, 0.15) is 11.2 Å². The molecule has 0 saturated heterocycles. The van der Waals surface area contributed by atoms with Crippen molar-refractivity contribution >= 4 is 39.0 Å². The zero-order valence-corrected chi connectivity index (χ0v) is 38.2. The molecule has 12 aromatic rings. The van der Waals surface area contributed by atoms with E-state index in [9.17, 15) is 0 Å². The summed E-state index contributed by atoms with van der Waals surface area (Å²) in [6.07, 6.45) is 0. The molecule has 1 aromatic heterocycles. The average Bonchev–Trinajstić information content (AvgIpc) is 4.15. The number of nitrogens with zero attached hydrogens (tertiary/aromatic N) is 1. The number of anilines is 3. The second-order valence-electron chi connectivity index (χ2n) is 19.0. The van der Waals surface area contributed by atoms with Gasteiger partial charge in [0.05, 0.1) is 27.6 Å². The van der Waals surface area contributed by atoms with E-state index in [1.54, 1.807) is 0 Å². The van der Waals surface area contributed by atoms with Crippen LogP contribution < -0.4 is 4.90 Å². The van der Waals surface area contributed by atoms with Crippen LogP contribution in [-0.4, -0.2) is 0 Å². The van der Waals surface area contributed by atoms with Crippen LogP contribution >= 0.6 is 0 Å². The van der Waals surface area contributed by atoms with Crippen molar-refractivity contribution in [3.8, 4) is 44.5 Å². The van der Waals surface area contributed by atoms with E-state index in [1.807, 2.05) is 0 Å². The van der Waals surface area contributed by atoms with Crippen LogP contribution in [0.1, 0.15) is 44.5 Å². The molecule has 0 unspecified atom stereocenters. The van der Waals surface area contributed by atoms with Gasteiger partial charge in [0.15, 0.2) is 0 Å². The van der Waals surface area contributed by atoms with Crippen LogP contribution in [0.4, 0.5) is 17.1 Å². The first-order valence-electron chi connectivity index (χ1n) is 24.3. The quantitative estimate of drug-likeness (QED) is 0.165. The van der Waals surface area contributed by atoms with Crippen LogP contribution in [0.25, 0.3) is 66.4 Å². The van der Waals surface area contributed by atoms with E-state index < -0.39 is 10.8 Å². The summed E-state index contributed by atoms with van der Waals surface area (Å²) in [6, 6.07) is 96.7. The molecule has 1 spiro atoms. The maximum absolute atomic E-state index is 6.84. The Hall–Kier alpha value is -8.98. The van der Waals surface area contributed by atoms with Crippen molar-refractivity contribution in [3.63, 3.8) is 0 Å². The molecule has 2 nitrogen and oxygen atoms in total. The molecule has 0 bridgehead atoms. The highest BCUT2D eigenvalue weighted by molar-refractivity contribution is 6.15. The third-order valence-electron chi connectivity index (χ3n) is 15.8. The van der Waals surface area contributed by atoms with Crippen molar-refractivity contribution in [2.45, 2.75) is 10.8 Å². The lowest BCUT2D eigenvalue weighted by Crippen LogP contribution is -2.29. The summed E-state index contributed by atoms with van der Waals surface area (Å²) >= 11 is 0. The van der Waals surface area contributed by atoms with Crippen molar-refractivity contribution in [1.29, 1.82) is 0 Å². The van der Waals surface area contributed by atoms with Crippen LogP contribution in [-0.2, 0) is 10.8 Å². The predicted molar refractivity (Wildman–Crippen MR) is 287 cm³/mol. The Balaban J connectivity index is 1.06. The Labute approximate surface area is 407 Å². The van der Waals surface area contributed by atoms with Crippen molar-refractivity contribution in [1.82, 2.24) is 0 Å². The summed E-state index contributed by atoms with van der Waals surface area (Å²) in [5.41, 5.74) is 24.1. The van der Waals surface area contributed by atoms with Gasteiger partial charge in [-0.3, -0.25) is 0 Å². The fraction of sp³-hybridized carbons (Fsp3) is 0.0294. The summed E-state index contributed by atoms with van der Waals surface area (Å²) in [5, 5.41) is 2.15. The highest BCUT2D eigenvalue weighted by atomic mass is 16.3. The number of benzene rings is 11. The van der Waals surface area contributed by atoms with Gasteiger partial charge in [-0.25, -0.2) is 0 Å². The molecular formula is C68H43NO. The molecule has 0 aliphatic heterocycles. The highest BCUT2D eigenvalue weighted by Gasteiger charge is 2.53. The largest absolute Gasteiger partial charge is 0.456 e. The summed E-state index contributed by atoms with van der Waals surface area (Å²) in [4.78, 5) is 2.54. The fourth-order valence-corrected chi connectivity index (χ4v) is 13.1. The van der Waals surface area contributed by atoms with Gasteiger partial charge >= 0.3 is 0 Å². The topological polar surface area (TPSA) is 16.4 Å². The Bertz CT molecular complexity index is 3990. The molecule has 0 amide bonds. The molecule has 15 rings (SSSR count). The number of hydrogen-bond acceptors (Lipinski definition) is 2. The van der Waals surface area contributed by atoms with E-state index in [1.165, 1.54) is 83.5 Å². The van der Waals surface area contributed by atoms with Crippen LogP contribution in [0.15, 0.2) is 265 Å². The first kappa shape index (κ1) is 39.1. The summed E-state index contributed by atoms with van der Waals surface area (Å²) in [6.45, 7) is 0. The van der Waals surface area contributed by atoms with Gasteiger partial charge in [0.25, 0.3) is 0 Å². The van der Waals surface area contributed by atoms with E-state index in [2.05, 4.69) is 266 Å². The Kier molecular flexibility index (Phi) is 8.24. The smallest absolute Gasteiger partial charge is 0.137 e. The molecule has 70 heavy (non-hydrogen) atoms. The van der Waals surface area contributed by atoms with Crippen LogP contribution in [0.5, 0.6) is 0 Å². The number of furan rings is 1. The lowest BCUT2D eigenvalue weighted by molar-refractivity contribution is 0.669. The highest BCUT2D eigenvalue weighted by Crippen LogP contribution is 2.65. The molecule has 11 aromatic carbocycles. The van der Waals surface area contributed by atoms with Gasteiger partial charge < -0.3 is 9.32 Å². The first-order chi connectivity index (χ1) is 34.7. The summed E-state index contributed by atoms with van der Waals surface area (Å²) in [5.74, 6) is 0. The normalized spacial score (nSPS) is 13.9. The molecular weight excluding hydrogens is 847 g/mol. The molecule has 0 radical (unpaired) electrons. The third-order valence-corrected chi connectivity index (χ3v) is 15.8. The lowest BCUT2D eigenvalue weighted by Gasteiger charge is -2.35. The van der Waals surface area contributed by atoms with Crippen molar-refractivity contribution < 1.29 is 4.42 Å². The average molecular weight is 890 g/mol. The van der Waals surface area contributed by atoms with Crippen molar-refractivity contribution in [2.75, 3.05) is 4.90 Å². The van der Waals surface area contributed by atoms with Gasteiger partial charge in [0, 0.05) is 16.6 Å². The maximum Gasteiger partial charge on any atom is 0.137 e. The number of hydrogen-bond donors (Lipinski definition) is 0. The minimum Gasteiger partial charge on any atom is -0.456 e. The van der Waals surface area contributed by atoms with E-state index in [0.29, 0.717) is 0 Å². The molecule has 0 atom stereocenters. The molecule has 1 heterocycles. The van der Waals surface area contributed by atoms with Crippen molar-refractivity contribution in [3.05, 3.63) is 305 Å². The molecule has 2 heteroatoms. The SMILES string of the molecule is c1ccc(-c2ccc3oc4cccc(N(c5cccc(C6(c7ccccc7)c7ccccc7-c7ccccc76)c5)c5cccc6c5-c5ccccc5C65c6ccccc6-c6ccccc65)c4c3c2)cc1. The maximum atomic E-state index is 6.84. The third kappa shape index (κ3) is 5.12. The second kappa shape index (κ2) is 14.8. The predicted octanol–water partition coefficient (Wildman–Crippen LogP) is 17.4. The minimum atomic E-state index is -0.582. The molecule has 326 valence electrons. The van der Waals surface area contributed by atoms with Crippen LogP contribution in [0.2, 0.25) is 0 Å². The summed E-state index contributed by atoms with van der Waals surface area (Å²) in [7, 11) is 0. The van der Waals surface area contributed by atoms with E-state index in [-0.39, 0.29) is 0 Å². The number of rotatable bonds is 6. The van der Waals surface area contributed by atoms with Gasteiger partial charge in [0.2, 0.25) is 0 Å². The Morgan fingerprint density at radius 2 is 0.786 bits per heavy atom. The minimum absolute atomic E-state index is 0.504. The first-order valence-corrected chi connectivity index (χ1v) is 24.3. The second-order valence-corrected chi connectivity index (χ2v) is 19.0. The fourth-order valence-electron chi connectivity index (χ4n) is 13.1. The molecule has 3 aliphatic carbocycles. The van der Waals surface area contributed by atoms with E-state index >= 15 is 0 Å². The van der Waals surface area contributed by atoms with Crippen LogP contribution in [0, 0.1) is 0 Å². The number of fused-ring (bicyclic) bond motifs is 16. The van der Waals surface area contributed by atoms with Crippen LogP contribution in [0.3, 0.4) is 0 Å². The zero-order valence-electron chi connectivity index (χ0n) is 38.2. The zero-order chi connectivity index (χ0) is 46.0. The lowest BCUT2D eigenvalue weighted by atomic mass is 9.67. The summed E-state index contributed by atoms with van der Waals surface area (Å²) < 4.78 is 6.84. The van der Waals surface area contributed by atoms with Gasteiger partial charge in [-0.15, -0.1) is 0 Å².